The second-order valence-electron chi connectivity index (χ2n) is 8.88. The average molecular weight is 539 g/mol. The number of amides is 1. The van der Waals surface area contributed by atoms with Crippen LogP contribution < -0.4 is 14.8 Å². The number of aromatic carboxylic acids is 1. The lowest BCUT2D eigenvalue weighted by Crippen LogP contribution is -2.15. The van der Waals surface area contributed by atoms with Crippen LogP contribution in [0, 0.1) is 0 Å². The topological polar surface area (TPSA) is 115 Å². The number of benzene rings is 3. The van der Waals surface area contributed by atoms with Gasteiger partial charge in [0.05, 0.1) is 24.5 Å². The molecule has 3 aromatic carbocycles. The molecule has 0 unspecified atom stereocenters. The number of hydrogen-bond acceptors (Lipinski definition) is 6. The van der Waals surface area contributed by atoms with Crippen molar-refractivity contribution in [2.45, 2.75) is 26.7 Å². The van der Waals surface area contributed by atoms with E-state index in [2.05, 4.69) is 10.3 Å². The smallest absolute Gasteiger partial charge is 0.335 e. The predicted octanol–water partition coefficient (Wildman–Crippen LogP) is 6.51. The normalized spacial score (nSPS) is 10.6. The molecule has 0 atom stereocenters. The highest BCUT2D eigenvalue weighted by Crippen LogP contribution is 2.30. The lowest BCUT2D eigenvalue weighted by Gasteiger charge is -2.12. The Morgan fingerprint density at radius 3 is 2.17 bits per heavy atom. The Balaban J connectivity index is 1.53. The van der Waals surface area contributed by atoms with Gasteiger partial charge in [0.1, 0.15) is 5.82 Å². The van der Waals surface area contributed by atoms with Gasteiger partial charge in [-0.05, 0) is 67.4 Å². The number of anilines is 1. The summed E-state index contributed by atoms with van der Waals surface area (Å²) in [6.07, 6.45) is -0.0473. The molecule has 0 aliphatic carbocycles. The third kappa shape index (κ3) is 7.11. The van der Waals surface area contributed by atoms with E-state index in [0.717, 1.165) is 5.56 Å². The van der Waals surface area contributed by atoms with Crippen molar-refractivity contribution in [2.75, 3.05) is 18.5 Å². The van der Waals surface area contributed by atoms with E-state index in [4.69, 9.17) is 9.47 Å². The first-order valence-corrected chi connectivity index (χ1v) is 13.0. The number of Topliss-reactive ketones (excluding diaryl/α,β-unsaturated/α-hetero) is 1. The Kier molecular flexibility index (Phi) is 9.25. The van der Waals surface area contributed by atoms with E-state index < -0.39 is 5.97 Å². The van der Waals surface area contributed by atoms with E-state index in [1.165, 1.54) is 6.07 Å². The van der Waals surface area contributed by atoms with Gasteiger partial charge in [0.25, 0.3) is 0 Å². The molecule has 40 heavy (non-hydrogen) atoms. The zero-order valence-electron chi connectivity index (χ0n) is 22.3. The number of carbonyl (C=O) groups is 3. The van der Waals surface area contributed by atoms with Crippen molar-refractivity contribution >= 4 is 23.5 Å². The lowest BCUT2D eigenvalue weighted by atomic mass is 10.0. The monoisotopic (exact) mass is 538 g/mol. The Bertz CT molecular complexity index is 1520. The molecule has 8 heteroatoms. The van der Waals surface area contributed by atoms with Crippen molar-refractivity contribution in [3.63, 3.8) is 0 Å². The summed E-state index contributed by atoms with van der Waals surface area (Å²) in [6.45, 7) is 4.62. The Hall–Kier alpha value is -4.98. The molecule has 0 spiro atoms. The van der Waals surface area contributed by atoms with Crippen molar-refractivity contribution in [1.82, 2.24) is 4.98 Å². The van der Waals surface area contributed by atoms with E-state index >= 15 is 0 Å². The molecular formula is C32H30N2O6. The van der Waals surface area contributed by atoms with Gasteiger partial charge in [0, 0.05) is 24.0 Å². The summed E-state index contributed by atoms with van der Waals surface area (Å²) in [5.41, 5.74) is 3.41. The minimum absolute atomic E-state index is 0.00271. The first-order chi connectivity index (χ1) is 19.4. The SMILES string of the molecule is CCOc1ccc(C(=O)CCC(=O)Nc2cc(-c3cccc(C(=O)O)c3)cc(-c3ccccc3)n2)cc1OCC. The molecule has 0 fully saturated rings. The van der Waals surface area contributed by atoms with Crippen LogP contribution in [0.3, 0.4) is 0 Å². The second-order valence-corrected chi connectivity index (χ2v) is 8.88. The fraction of sp³-hybridized carbons (Fsp3) is 0.188. The Morgan fingerprint density at radius 2 is 1.45 bits per heavy atom. The zero-order chi connectivity index (χ0) is 28.5. The number of ether oxygens (including phenoxy) is 2. The summed E-state index contributed by atoms with van der Waals surface area (Å²) in [7, 11) is 0. The minimum Gasteiger partial charge on any atom is -0.490 e. The van der Waals surface area contributed by atoms with Gasteiger partial charge in [-0.15, -0.1) is 0 Å². The lowest BCUT2D eigenvalue weighted by molar-refractivity contribution is -0.116. The molecule has 0 aliphatic rings. The number of nitrogens with one attached hydrogen (secondary N) is 1. The third-order valence-corrected chi connectivity index (χ3v) is 6.05. The number of rotatable bonds is 12. The third-order valence-electron chi connectivity index (χ3n) is 6.05. The summed E-state index contributed by atoms with van der Waals surface area (Å²) in [6, 6.07) is 24.6. The summed E-state index contributed by atoms with van der Waals surface area (Å²) in [4.78, 5) is 41.8. The average Bonchev–Trinajstić information content (AvgIpc) is 2.97. The molecule has 8 nitrogen and oxygen atoms in total. The first kappa shape index (κ1) is 28.0. The fourth-order valence-electron chi connectivity index (χ4n) is 4.15. The summed E-state index contributed by atoms with van der Waals surface area (Å²) in [5.74, 6) is -0.245. The van der Waals surface area contributed by atoms with Gasteiger partial charge >= 0.3 is 5.97 Å². The van der Waals surface area contributed by atoms with Crippen LogP contribution in [0.1, 0.15) is 47.4 Å². The highest BCUT2D eigenvalue weighted by Gasteiger charge is 2.15. The fourth-order valence-corrected chi connectivity index (χ4v) is 4.15. The van der Waals surface area contributed by atoms with Gasteiger partial charge in [-0.25, -0.2) is 9.78 Å². The molecule has 1 amide bonds. The van der Waals surface area contributed by atoms with Gasteiger partial charge in [-0.2, -0.15) is 0 Å². The molecule has 0 saturated heterocycles. The van der Waals surface area contributed by atoms with Crippen LogP contribution in [-0.2, 0) is 4.79 Å². The molecule has 1 heterocycles. The van der Waals surface area contributed by atoms with Crippen LogP contribution >= 0.6 is 0 Å². The van der Waals surface area contributed by atoms with Crippen LogP contribution in [0.5, 0.6) is 11.5 Å². The van der Waals surface area contributed by atoms with Crippen molar-refractivity contribution in [1.29, 1.82) is 0 Å². The maximum atomic E-state index is 12.9. The van der Waals surface area contributed by atoms with Crippen LogP contribution in [0.15, 0.2) is 84.9 Å². The summed E-state index contributed by atoms with van der Waals surface area (Å²) < 4.78 is 11.2. The van der Waals surface area contributed by atoms with Crippen LogP contribution in [0.4, 0.5) is 5.82 Å². The van der Waals surface area contributed by atoms with E-state index in [-0.39, 0.29) is 30.1 Å². The van der Waals surface area contributed by atoms with Gasteiger partial charge in [-0.1, -0.05) is 42.5 Å². The molecule has 2 N–H and O–H groups in total. The molecule has 0 aliphatic heterocycles. The minimum atomic E-state index is -1.03. The Morgan fingerprint density at radius 1 is 0.725 bits per heavy atom. The number of carboxylic acid groups (broad SMARTS) is 1. The highest BCUT2D eigenvalue weighted by molar-refractivity contribution is 6.00. The molecule has 0 bridgehead atoms. The van der Waals surface area contributed by atoms with Crippen LogP contribution in [-0.4, -0.2) is 41.0 Å². The molecule has 204 valence electrons. The van der Waals surface area contributed by atoms with E-state index in [1.807, 2.05) is 50.2 Å². The zero-order valence-corrected chi connectivity index (χ0v) is 22.3. The number of hydrogen-bond donors (Lipinski definition) is 2. The highest BCUT2D eigenvalue weighted by atomic mass is 16.5. The van der Waals surface area contributed by atoms with E-state index in [0.29, 0.717) is 52.9 Å². The molecule has 1 aromatic heterocycles. The van der Waals surface area contributed by atoms with Gasteiger partial charge in [0.15, 0.2) is 17.3 Å². The van der Waals surface area contributed by atoms with Crippen LogP contribution in [0.2, 0.25) is 0 Å². The number of pyridine rings is 1. The summed E-state index contributed by atoms with van der Waals surface area (Å²) in [5, 5.41) is 12.2. The Labute approximate surface area is 232 Å². The molecule has 4 aromatic rings. The van der Waals surface area contributed by atoms with Crippen molar-refractivity contribution in [3.8, 4) is 33.9 Å². The molecule has 4 rings (SSSR count). The number of nitrogens with zero attached hydrogens (tertiary/aromatic N) is 1. The van der Waals surface area contributed by atoms with Crippen molar-refractivity contribution in [2.24, 2.45) is 0 Å². The molecular weight excluding hydrogens is 508 g/mol. The van der Waals surface area contributed by atoms with Crippen LogP contribution in [0.25, 0.3) is 22.4 Å². The quantitative estimate of drug-likeness (QED) is 0.198. The molecule has 0 saturated carbocycles. The number of carboxylic acids is 1. The standard InChI is InChI=1S/C32H30N2O6/c1-3-39-28-15-13-23(19-29(28)40-4-2)27(35)14-16-31(36)34-30-20-25(22-11-8-12-24(17-22)32(37)38)18-26(33-30)21-9-6-5-7-10-21/h5-13,15,17-20H,3-4,14,16H2,1-2H3,(H,37,38)(H,33,34,36). The summed E-state index contributed by atoms with van der Waals surface area (Å²) >= 11 is 0. The first-order valence-electron chi connectivity index (χ1n) is 13.0. The van der Waals surface area contributed by atoms with Crippen molar-refractivity contribution in [3.05, 3.63) is 96.1 Å². The second kappa shape index (κ2) is 13.2. The van der Waals surface area contributed by atoms with Gasteiger partial charge in [0.2, 0.25) is 5.91 Å². The number of carbonyl (C=O) groups excluding carboxylic acids is 2. The van der Waals surface area contributed by atoms with E-state index in [1.54, 1.807) is 42.5 Å². The van der Waals surface area contributed by atoms with Crippen molar-refractivity contribution < 1.29 is 29.0 Å². The maximum absolute atomic E-state index is 12.9. The van der Waals surface area contributed by atoms with Gasteiger partial charge in [-0.3, -0.25) is 9.59 Å². The number of aromatic nitrogens is 1. The van der Waals surface area contributed by atoms with E-state index in [9.17, 15) is 19.5 Å². The maximum Gasteiger partial charge on any atom is 0.335 e. The van der Waals surface area contributed by atoms with Gasteiger partial charge < -0.3 is 19.9 Å². The largest absolute Gasteiger partial charge is 0.490 e. The predicted molar refractivity (Wildman–Crippen MR) is 153 cm³/mol. The molecule has 0 radical (unpaired) electrons. The number of ketones is 1.